The topological polar surface area (TPSA) is 58.6 Å². The van der Waals surface area contributed by atoms with E-state index in [1.165, 1.54) is 0 Å². The summed E-state index contributed by atoms with van der Waals surface area (Å²) in [6.45, 7) is 0. The SMILES string of the molecule is Oc1ccc(N=C/C=C/c2ccc(Cl)cc2)cc1-c1nc2ccccc2o1. The molecule has 1 heterocycles. The largest absolute Gasteiger partial charge is 0.507 e. The molecular formula is C22H15ClN2O2. The summed E-state index contributed by atoms with van der Waals surface area (Å²) in [5, 5.41) is 10.9. The maximum Gasteiger partial charge on any atom is 0.231 e. The fraction of sp³-hybridized carbons (Fsp3) is 0. The summed E-state index contributed by atoms with van der Waals surface area (Å²) < 4.78 is 5.74. The molecule has 0 saturated heterocycles. The third kappa shape index (κ3) is 3.91. The highest BCUT2D eigenvalue weighted by molar-refractivity contribution is 6.30. The number of nitrogens with zero attached hydrogens (tertiary/aromatic N) is 2. The lowest BCUT2D eigenvalue weighted by Gasteiger charge is -2.01. The lowest BCUT2D eigenvalue weighted by Crippen LogP contribution is -1.79. The molecule has 0 atom stereocenters. The molecule has 0 aliphatic rings. The van der Waals surface area contributed by atoms with Crippen LogP contribution in [0.5, 0.6) is 5.75 Å². The minimum absolute atomic E-state index is 0.0946. The van der Waals surface area contributed by atoms with E-state index < -0.39 is 0 Å². The predicted molar refractivity (Wildman–Crippen MR) is 110 cm³/mol. The van der Waals surface area contributed by atoms with Gasteiger partial charge in [-0.2, -0.15) is 0 Å². The van der Waals surface area contributed by atoms with Gasteiger partial charge in [0.1, 0.15) is 11.3 Å². The van der Waals surface area contributed by atoms with Crippen molar-refractivity contribution < 1.29 is 9.52 Å². The van der Waals surface area contributed by atoms with Gasteiger partial charge in [-0.25, -0.2) is 4.98 Å². The highest BCUT2D eigenvalue weighted by Crippen LogP contribution is 2.33. The molecule has 0 unspecified atom stereocenters. The van der Waals surface area contributed by atoms with Crippen LogP contribution in [0.1, 0.15) is 5.56 Å². The number of para-hydroxylation sites is 2. The normalized spacial score (nSPS) is 11.7. The number of halogens is 1. The van der Waals surface area contributed by atoms with Crippen LogP contribution >= 0.6 is 11.6 Å². The van der Waals surface area contributed by atoms with Crippen LogP contribution in [0.25, 0.3) is 28.6 Å². The second kappa shape index (κ2) is 7.48. The highest BCUT2D eigenvalue weighted by Gasteiger charge is 2.12. The number of oxazole rings is 1. The standard InChI is InChI=1S/C22H15ClN2O2/c23-16-9-7-15(8-10-16)4-3-13-24-17-11-12-20(26)18(14-17)22-25-19-5-1-2-6-21(19)27-22/h1-14,26H/b4-3+,24-13?. The maximum atomic E-state index is 10.2. The minimum Gasteiger partial charge on any atom is -0.507 e. The molecule has 3 aromatic carbocycles. The average molecular weight is 375 g/mol. The monoisotopic (exact) mass is 374 g/mol. The first-order chi connectivity index (χ1) is 13.2. The number of aromatic hydroxyl groups is 1. The fourth-order valence-corrected chi connectivity index (χ4v) is 2.75. The van der Waals surface area contributed by atoms with E-state index >= 15 is 0 Å². The number of fused-ring (bicyclic) bond motifs is 1. The number of aliphatic imine (C=N–C) groups is 1. The molecule has 0 aliphatic carbocycles. The van der Waals surface area contributed by atoms with E-state index in [0.717, 1.165) is 11.1 Å². The summed E-state index contributed by atoms with van der Waals surface area (Å²) in [5.41, 5.74) is 3.63. The fourth-order valence-electron chi connectivity index (χ4n) is 2.62. The Morgan fingerprint density at radius 1 is 1.00 bits per heavy atom. The van der Waals surface area contributed by atoms with E-state index in [1.807, 2.05) is 60.7 Å². The number of hydrogen-bond acceptors (Lipinski definition) is 4. The van der Waals surface area contributed by atoms with Gasteiger partial charge < -0.3 is 9.52 Å². The number of phenols is 1. The van der Waals surface area contributed by atoms with Gasteiger partial charge in [0.2, 0.25) is 5.89 Å². The Balaban J connectivity index is 1.57. The van der Waals surface area contributed by atoms with Crippen molar-refractivity contribution >= 4 is 40.7 Å². The molecule has 132 valence electrons. The number of allylic oxidation sites excluding steroid dienone is 1. The lowest BCUT2D eigenvalue weighted by molar-refractivity contribution is 0.474. The molecule has 4 rings (SSSR count). The van der Waals surface area contributed by atoms with E-state index in [1.54, 1.807) is 24.4 Å². The van der Waals surface area contributed by atoms with Crippen LogP contribution in [-0.4, -0.2) is 16.3 Å². The minimum atomic E-state index is 0.0946. The van der Waals surface area contributed by atoms with Gasteiger partial charge in [-0.1, -0.05) is 41.9 Å². The Kier molecular flexibility index (Phi) is 4.73. The van der Waals surface area contributed by atoms with Crippen LogP contribution < -0.4 is 0 Å². The van der Waals surface area contributed by atoms with Crippen LogP contribution in [0.15, 0.2) is 82.2 Å². The van der Waals surface area contributed by atoms with Crippen molar-refractivity contribution in [1.82, 2.24) is 4.98 Å². The molecule has 0 aliphatic heterocycles. The zero-order valence-corrected chi connectivity index (χ0v) is 15.0. The van der Waals surface area contributed by atoms with Gasteiger partial charge in [-0.3, -0.25) is 4.99 Å². The first-order valence-electron chi connectivity index (χ1n) is 8.34. The summed E-state index contributed by atoms with van der Waals surface area (Å²) in [6, 6.07) is 20.1. The zero-order valence-electron chi connectivity index (χ0n) is 14.2. The van der Waals surface area contributed by atoms with E-state index in [9.17, 15) is 5.11 Å². The van der Waals surface area contributed by atoms with Crippen molar-refractivity contribution in [1.29, 1.82) is 0 Å². The smallest absolute Gasteiger partial charge is 0.231 e. The summed E-state index contributed by atoms with van der Waals surface area (Å²) in [4.78, 5) is 8.83. The average Bonchev–Trinajstić information content (AvgIpc) is 3.12. The first-order valence-corrected chi connectivity index (χ1v) is 8.72. The quantitative estimate of drug-likeness (QED) is 0.428. The van der Waals surface area contributed by atoms with Gasteiger partial charge in [0, 0.05) is 11.2 Å². The second-order valence-corrected chi connectivity index (χ2v) is 6.31. The molecule has 1 N–H and O–H groups in total. The molecule has 27 heavy (non-hydrogen) atoms. The molecule has 4 aromatic rings. The lowest BCUT2D eigenvalue weighted by atomic mass is 10.2. The second-order valence-electron chi connectivity index (χ2n) is 5.88. The molecule has 0 amide bonds. The van der Waals surface area contributed by atoms with Crippen LogP contribution in [0.2, 0.25) is 5.02 Å². The van der Waals surface area contributed by atoms with Gasteiger partial charge in [0.05, 0.1) is 11.3 Å². The first kappa shape index (κ1) is 17.1. The molecule has 0 fully saturated rings. The van der Waals surface area contributed by atoms with E-state index in [4.69, 9.17) is 16.0 Å². The molecular weight excluding hydrogens is 360 g/mol. The molecule has 4 nitrogen and oxygen atoms in total. The van der Waals surface area contributed by atoms with Crippen molar-refractivity contribution in [3.8, 4) is 17.2 Å². The van der Waals surface area contributed by atoms with Gasteiger partial charge >= 0.3 is 0 Å². The predicted octanol–water partition coefficient (Wildman–Crippen LogP) is 6.27. The highest BCUT2D eigenvalue weighted by atomic mass is 35.5. The van der Waals surface area contributed by atoms with E-state index in [0.29, 0.717) is 27.7 Å². The zero-order chi connectivity index (χ0) is 18.6. The Hall–Kier alpha value is -3.37. The number of phenolic OH excluding ortho intramolecular Hbond substituents is 1. The number of benzene rings is 3. The summed E-state index contributed by atoms with van der Waals surface area (Å²) in [7, 11) is 0. The van der Waals surface area contributed by atoms with Crippen molar-refractivity contribution in [3.05, 3.63) is 83.4 Å². The summed E-state index contributed by atoms with van der Waals surface area (Å²) in [6.07, 6.45) is 5.47. The maximum absolute atomic E-state index is 10.2. The van der Waals surface area contributed by atoms with Crippen LogP contribution in [0.3, 0.4) is 0 Å². The van der Waals surface area contributed by atoms with Crippen molar-refractivity contribution in [3.63, 3.8) is 0 Å². The molecule has 0 saturated carbocycles. The summed E-state index contributed by atoms with van der Waals surface area (Å²) >= 11 is 5.87. The third-order valence-corrected chi connectivity index (χ3v) is 4.22. The van der Waals surface area contributed by atoms with Gasteiger partial charge in [-0.05, 0) is 54.1 Å². The third-order valence-electron chi connectivity index (χ3n) is 3.97. The van der Waals surface area contributed by atoms with Crippen molar-refractivity contribution in [2.45, 2.75) is 0 Å². The molecule has 0 spiro atoms. The van der Waals surface area contributed by atoms with Crippen LogP contribution in [-0.2, 0) is 0 Å². The molecule has 0 bridgehead atoms. The number of hydrogen-bond donors (Lipinski definition) is 1. The number of rotatable bonds is 4. The molecule has 1 aromatic heterocycles. The molecule has 0 radical (unpaired) electrons. The van der Waals surface area contributed by atoms with Crippen molar-refractivity contribution in [2.24, 2.45) is 4.99 Å². The number of aromatic nitrogens is 1. The van der Waals surface area contributed by atoms with Crippen LogP contribution in [0.4, 0.5) is 5.69 Å². The molecule has 5 heteroatoms. The van der Waals surface area contributed by atoms with Gasteiger partial charge in [0.25, 0.3) is 0 Å². The van der Waals surface area contributed by atoms with Crippen molar-refractivity contribution in [2.75, 3.05) is 0 Å². The Morgan fingerprint density at radius 3 is 2.63 bits per heavy atom. The summed E-state index contributed by atoms with van der Waals surface area (Å²) in [5.74, 6) is 0.458. The van der Waals surface area contributed by atoms with Gasteiger partial charge in [0.15, 0.2) is 5.58 Å². The Bertz CT molecular complexity index is 1110. The Labute approximate surface area is 161 Å². The van der Waals surface area contributed by atoms with E-state index in [-0.39, 0.29) is 5.75 Å². The Morgan fingerprint density at radius 2 is 1.81 bits per heavy atom. The van der Waals surface area contributed by atoms with E-state index in [2.05, 4.69) is 9.98 Å². The van der Waals surface area contributed by atoms with Gasteiger partial charge in [-0.15, -0.1) is 0 Å². The van der Waals surface area contributed by atoms with Crippen LogP contribution in [0, 0.1) is 0 Å².